The number of aryl methyl sites for hydroxylation is 2. The Morgan fingerprint density at radius 3 is 2.94 bits per heavy atom. The first-order chi connectivity index (χ1) is 7.59. The number of nitrogens with zero attached hydrogens (tertiary/aromatic N) is 1. The molecule has 4 heteroatoms. The van der Waals surface area contributed by atoms with Gasteiger partial charge in [-0.2, -0.15) is 0 Å². The average Bonchev–Trinajstić information content (AvgIpc) is 2.52. The van der Waals surface area contributed by atoms with Crippen molar-refractivity contribution in [3.05, 3.63) is 35.0 Å². The van der Waals surface area contributed by atoms with E-state index in [1.165, 1.54) is 0 Å². The van der Waals surface area contributed by atoms with E-state index in [0.717, 1.165) is 16.6 Å². The first-order valence-electron chi connectivity index (χ1n) is 5.06. The number of carbonyl (C=O) groups is 1. The molecule has 0 unspecified atom stereocenters. The number of aliphatic carboxylic acids is 1. The van der Waals surface area contributed by atoms with Gasteiger partial charge in [-0.25, -0.2) is 0 Å². The maximum Gasteiger partial charge on any atom is 0.305 e. The first kappa shape index (κ1) is 11.0. The highest BCUT2D eigenvalue weighted by molar-refractivity contribution is 6.35. The van der Waals surface area contributed by atoms with Crippen LogP contribution in [0.3, 0.4) is 0 Å². The van der Waals surface area contributed by atoms with Crippen molar-refractivity contribution in [2.24, 2.45) is 0 Å². The van der Waals surface area contributed by atoms with Gasteiger partial charge in [-0.3, -0.25) is 4.79 Å². The van der Waals surface area contributed by atoms with Crippen LogP contribution < -0.4 is 0 Å². The Balaban J connectivity index is 2.50. The van der Waals surface area contributed by atoms with E-state index < -0.39 is 5.97 Å². The third kappa shape index (κ3) is 1.91. The summed E-state index contributed by atoms with van der Waals surface area (Å²) in [6, 6.07) is 7.71. The quantitative estimate of drug-likeness (QED) is 0.892. The number of aromatic nitrogens is 1. The van der Waals surface area contributed by atoms with Crippen LogP contribution in [0.2, 0.25) is 5.02 Å². The number of para-hydroxylation sites is 1. The summed E-state index contributed by atoms with van der Waals surface area (Å²) in [5.41, 5.74) is 1.95. The monoisotopic (exact) mass is 237 g/mol. The summed E-state index contributed by atoms with van der Waals surface area (Å²) in [5, 5.41) is 10.4. The Morgan fingerprint density at radius 1 is 1.50 bits per heavy atom. The lowest BCUT2D eigenvalue weighted by molar-refractivity contribution is -0.137. The Morgan fingerprint density at radius 2 is 2.25 bits per heavy atom. The predicted molar refractivity (Wildman–Crippen MR) is 63.9 cm³/mol. The van der Waals surface area contributed by atoms with Gasteiger partial charge < -0.3 is 9.67 Å². The maximum atomic E-state index is 10.6. The summed E-state index contributed by atoms with van der Waals surface area (Å²) < 4.78 is 1.95. The van der Waals surface area contributed by atoms with E-state index in [4.69, 9.17) is 16.7 Å². The highest BCUT2D eigenvalue weighted by Gasteiger charge is 2.09. The summed E-state index contributed by atoms with van der Waals surface area (Å²) >= 11 is 6.12. The third-order valence-corrected chi connectivity index (χ3v) is 2.93. The van der Waals surface area contributed by atoms with Crippen LogP contribution >= 0.6 is 11.6 Å². The van der Waals surface area contributed by atoms with E-state index in [2.05, 4.69) is 0 Å². The molecule has 1 N–H and O–H groups in total. The first-order valence-corrected chi connectivity index (χ1v) is 5.43. The number of benzene rings is 1. The molecule has 1 aromatic heterocycles. The summed E-state index contributed by atoms with van der Waals surface area (Å²) in [4.78, 5) is 10.6. The van der Waals surface area contributed by atoms with Crippen LogP contribution in [0, 0.1) is 6.92 Å². The molecule has 2 rings (SSSR count). The van der Waals surface area contributed by atoms with Gasteiger partial charge in [-0.1, -0.05) is 23.7 Å². The number of hydrogen-bond acceptors (Lipinski definition) is 1. The minimum Gasteiger partial charge on any atom is -0.481 e. The second-order valence-electron chi connectivity index (χ2n) is 3.76. The zero-order valence-corrected chi connectivity index (χ0v) is 9.66. The molecule has 3 nitrogen and oxygen atoms in total. The molecule has 0 saturated heterocycles. The van der Waals surface area contributed by atoms with Crippen molar-refractivity contribution in [3.8, 4) is 0 Å². The van der Waals surface area contributed by atoms with Crippen molar-refractivity contribution in [2.75, 3.05) is 0 Å². The van der Waals surface area contributed by atoms with Crippen LogP contribution in [-0.4, -0.2) is 15.6 Å². The van der Waals surface area contributed by atoms with Crippen molar-refractivity contribution in [1.82, 2.24) is 4.57 Å². The Hall–Kier alpha value is -1.48. The Labute approximate surface area is 98.3 Å². The molecule has 84 valence electrons. The van der Waals surface area contributed by atoms with E-state index in [-0.39, 0.29) is 6.42 Å². The fourth-order valence-electron chi connectivity index (χ4n) is 1.91. The molecular formula is C12H12ClNO2. The second kappa shape index (κ2) is 4.18. The lowest BCUT2D eigenvalue weighted by atomic mass is 10.2. The molecule has 0 atom stereocenters. The lowest BCUT2D eigenvalue weighted by Crippen LogP contribution is -2.05. The van der Waals surface area contributed by atoms with Crippen LogP contribution in [0.25, 0.3) is 10.9 Å². The number of carboxylic acids is 1. The average molecular weight is 238 g/mol. The maximum absolute atomic E-state index is 10.6. The van der Waals surface area contributed by atoms with Crippen LogP contribution in [0.5, 0.6) is 0 Å². The second-order valence-corrected chi connectivity index (χ2v) is 4.17. The van der Waals surface area contributed by atoms with Crippen molar-refractivity contribution in [1.29, 1.82) is 0 Å². The van der Waals surface area contributed by atoms with Gasteiger partial charge in [0.25, 0.3) is 0 Å². The molecule has 0 aliphatic heterocycles. The smallest absolute Gasteiger partial charge is 0.305 e. The SMILES string of the molecule is Cc1cc2cccc(Cl)c2n1CCC(=O)O. The van der Waals surface area contributed by atoms with Gasteiger partial charge in [0.2, 0.25) is 0 Å². The normalized spacial score (nSPS) is 10.9. The highest BCUT2D eigenvalue weighted by Crippen LogP contribution is 2.26. The van der Waals surface area contributed by atoms with E-state index in [0.29, 0.717) is 11.6 Å². The predicted octanol–water partition coefficient (Wildman–Crippen LogP) is 3.08. The summed E-state index contributed by atoms with van der Waals surface area (Å²) in [5.74, 6) is -0.798. The topological polar surface area (TPSA) is 42.2 Å². The molecule has 1 aromatic carbocycles. The summed E-state index contributed by atoms with van der Waals surface area (Å²) in [7, 11) is 0. The molecule has 0 saturated carbocycles. The third-order valence-electron chi connectivity index (χ3n) is 2.63. The summed E-state index contributed by atoms with van der Waals surface area (Å²) in [6.07, 6.45) is 0.107. The molecule has 0 spiro atoms. The van der Waals surface area contributed by atoms with Gasteiger partial charge in [-0.15, -0.1) is 0 Å². The number of halogens is 1. The fourth-order valence-corrected chi connectivity index (χ4v) is 2.19. The molecule has 1 heterocycles. The zero-order valence-electron chi connectivity index (χ0n) is 8.90. The van der Waals surface area contributed by atoms with Gasteiger partial charge in [0.05, 0.1) is 17.0 Å². The van der Waals surface area contributed by atoms with E-state index in [1.54, 1.807) is 0 Å². The van der Waals surface area contributed by atoms with Crippen LogP contribution in [0.4, 0.5) is 0 Å². The lowest BCUT2D eigenvalue weighted by Gasteiger charge is -2.07. The number of carboxylic acid groups (broad SMARTS) is 1. The molecule has 0 aliphatic carbocycles. The number of rotatable bonds is 3. The minimum absolute atomic E-state index is 0.107. The number of hydrogen-bond donors (Lipinski definition) is 1. The standard InChI is InChI=1S/C12H12ClNO2/c1-8-7-9-3-2-4-10(13)12(9)14(8)6-5-11(15)16/h2-4,7H,5-6H2,1H3,(H,15,16). The van der Waals surface area contributed by atoms with Crippen molar-refractivity contribution < 1.29 is 9.90 Å². The van der Waals surface area contributed by atoms with Crippen LogP contribution in [0.1, 0.15) is 12.1 Å². The highest BCUT2D eigenvalue weighted by atomic mass is 35.5. The molecular weight excluding hydrogens is 226 g/mol. The van der Waals surface area contributed by atoms with Gasteiger partial charge in [0, 0.05) is 17.6 Å². The molecule has 0 bridgehead atoms. The fraction of sp³-hybridized carbons (Fsp3) is 0.250. The van der Waals surface area contributed by atoms with E-state index in [9.17, 15) is 4.79 Å². The van der Waals surface area contributed by atoms with Gasteiger partial charge in [0.1, 0.15) is 0 Å². The molecule has 16 heavy (non-hydrogen) atoms. The zero-order chi connectivity index (χ0) is 11.7. The molecule has 0 amide bonds. The number of fused-ring (bicyclic) bond motifs is 1. The minimum atomic E-state index is -0.798. The van der Waals surface area contributed by atoms with Gasteiger partial charge in [-0.05, 0) is 19.1 Å². The van der Waals surface area contributed by atoms with E-state index >= 15 is 0 Å². The van der Waals surface area contributed by atoms with Gasteiger partial charge in [0.15, 0.2) is 0 Å². The van der Waals surface area contributed by atoms with Crippen LogP contribution in [0.15, 0.2) is 24.3 Å². The van der Waals surface area contributed by atoms with E-state index in [1.807, 2.05) is 35.8 Å². The van der Waals surface area contributed by atoms with Gasteiger partial charge >= 0.3 is 5.97 Å². The Bertz CT molecular complexity index is 545. The van der Waals surface area contributed by atoms with Crippen molar-refractivity contribution in [2.45, 2.75) is 19.9 Å². The molecule has 0 radical (unpaired) electrons. The summed E-state index contributed by atoms with van der Waals surface area (Å²) in [6.45, 7) is 2.41. The molecule has 2 aromatic rings. The largest absolute Gasteiger partial charge is 0.481 e. The Kier molecular flexibility index (Phi) is 2.88. The van der Waals surface area contributed by atoms with Crippen molar-refractivity contribution >= 4 is 28.5 Å². The molecule has 0 aliphatic rings. The van der Waals surface area contributed by atoms with Crippen LogP contribution in [-0.2, 0) is 11.3 Å². The van der Waals surface area contributed by atoms with Crippen molar-refractivity contribution in [3.63, 3.8) is 0 Å². The molecule has 0 fully saturated rings.